The van der Waals surface area contributed by atoms with E-state index in [9.17, 15) is 0 Å². The Bertz CT molecular complexity index is 473. The number of amidine groups is 1. The summed E-state index contributed by atoms with van der Waals surface area (Å²) < 4.78 is 0. The van der Waals surface area contributed by atoms with Crippen molar-refractivity contribution in [2.24, 2.45) is 10.9 Å². The fraction of sp³-hybridized carbons (Fsp3) is 0.500. The quantitative estimate of drug-likeness (QED) is 0.813. The fourth-order valence-electron chi connectivity index (χ4n) is 2.22. The molecule has 0 saturated heterocycles. The number of rotatable bonds is 4. The van der Waals surface area contributed by atoms with E-state index in [0.717, 1.165) is 23.3 Å². The molecule has 19 heavy (non-hydrogen) atoms. The Hall–Kier alpha value is -0.380. The van der Waals surface area contributed by atoms with E-state index >= 15 is 0 Å². The molecule has 0 amide bonds. The van der Waals surface area contributed by atoms with Crippen LogP contribution in [0.1, 0.15) is 26.7 Å². The molecular weight excluding hydrogens is 299 g/mol. The number of benzene rings is 1. The third kappa shape index (κ3) is 3.80. The van der Waals surface area contributed by atoms with Crippen LogP contribution in [0, 0.1) is 5.92 Å². The first kappa shape index (κ1) is 15.0. The van der Waals surface area contributed by atoms with Gasteiger partial charge in [0.15, 0.2) is 5.17 Å². The predicted octanol–water partition coefficient (Wildman–Crippen LogP) is 5.31. The Morgan fingerprint density at radius 1 is 1.32 bits per heavy atom. The van der Waals surface area contributed by atoms with Crippen LogP contribution in [-0.4, -0.2) is 17.0 Å². The lowest BCUT2D eigenvalue weighted by atomic mass is 9.99. The molecule has 0 aliphatic carbocycles. The van der Waals surface area contributed by atoms with Crippen molar-refractivity contribution >= 4 is 45.8 Å². The van der Waals surface area contributed by atoms with E-state index in [2.05, 4.69) is 24.2 Å². The smallest absolute Gasteiger partial charge is 0.161 e. The van der Waals surface area contributed by atoms with Gasteiger partial charge >= 0.3 is 0 Å². The highest BCUT2D eigenvalue weighted by Crippen LogP contribution is 2.32. The van der Waals surface area contributed by atoms with Crippen molar-refractivity contribution in [1.82, 2.24) is 0 Å². The third-order valence-electron chi connectivity index (χ3n) is 3.42. The standard InChI is InChI=1S/C14H18Cl2N2S/c1-3-9(4-2)13-8-17-14(19-13)18-10-5-6-11(15)12(16)7-10/h5-7,9,13H,3-4,8H2,1-2H3,(H,17,18). The van der Waals surface area contributed by atoms with Crippen molar-refractivity contribution in [2.45, 2.75) is 31.9 Å². The highest BCUT2D eigenvalue weighted by Gasteiger charge is 2.25. The van der Waals surface area contributed by atoms with Crippen LogP contribution < -0.4 is 5.32 Å². The first-order valence-corrected chi connectivity index (χ1v) is 8.20. The summed E-state index contributed by atoms with van der Waals surface area (Å²) in [5.41, 5.74) is 0.936. The third-order valence-corrected chi connectivity index (χ3v) is 5.45. The average molecular weight is 317 g/mol. The number of thioether (sulfide) groups is 1. The van der Waals surface area contributed by atoms with Crippen molar-refractivity contribution in [2.75, 3.05) is 11.9 Å². The number of nitrogens with one attached hydrogen (secondary N) is 1. The van der Waals surface area contributed by atoms with E-state index in [1.165, 1.54) is 12.8 Å². The van der Waals surface area contributed by atoms with Crippen LogP contribution in [0.2, 0.25) is 10.0 Å². The van der Waals surface area contributed by atoms with Crippen molar-refractivity contribution in [3.8, 4) is 0 Å². The van der Waals surface area contributed by atoms with E-state index in [1.54, 1.807) is 6.07 Å². The Balaban J connectivity index is 1.96. The normalized spacial score (nSPS) is 18.8. The van der Waals surface area contributed by atoms with E-state index < -0.39 is 0 Å². The molecule has 0 saturated carbocycles. The van der Waals surface area contributed by atoms with Crippen LogP contribution in [0.3, 0.4) is 0 Å². The molecule has 2 rings (SSSR count). The Kier molecular flexibility index (Phi) is 5.43. The fourth-order valence-corrected chi connectivity index (χ4v) is 3.85. The maximum atomic E-state index is 6.00. The number of hydrogen-bond acceptors (Lipinski definition) is 3. The molecule has 1 aromatic carbocycles. The topological polar surface area (TPSA) is 24.4 Å². The summed E-state index contributed by atoms with van der Waals surface area (Å²) in [5.74, 6) is 0.738. The minimum absolute atomic E-state index is 0.562. The van der Waals surface area contributed by atoms with Gasteiger partial charge in [0.05, 0.1) is 16.6 Å². The summed E-state index contributed by atoms with van der Waals surface area (Å²) in [6.07, 6.45) is 2.42. The summed E-state index contributed by atoms with van der Waals surface area (Å²) >= 11 is 13.7. The van der Waals surface area contributed by atoms with Gasteiger partial charge in [-0.05, 0) is 24.1 Å². The summed E-state index contributed by atoms with van der Waals surface area (Å²) in [5, 5.41) is 6.03. The molecule has 1 heterocycles. The number of aliphatic imine (C=N–C) groups is 1. The van der Waals surface area contributed by atoms with Gasteiger partial charge in [0.1, 0.15) is 0 Å². The molecule has 1 aliphatic heterocycles. The van der Waals surface area contributed by atoms with Gasteiger partial charge < -0.3 is 5.32 Å². The Morgan fingerprint density at radius 3 is 2.68 bits per heavy atom. The lowest BCUT2D eigenvalue weighted by Crippen LogP contribution is -2.17. The first-order chi connectivity index (χ1) is 9.13. The van der Waals surface area contributed by atoms with Gasteiger partial charge in [0.25, 0.3) is 0 Å². The number of anilines is 1. The molecule has 2 nitrogen and oxygen atoms in total. The second kappa shape index (κ2) is 6.87. The molecule has 0 spiro atoms. The molecule has 1 atom stereocenters. The molecule has 0 radical (unpaired) electrons. The van der Waals surface area contributed by atoms with E-state index in [-0.39, 0.29) is 0 Å². The van der Waals surface area contributed by atoms with E-state index in [4.69, 9.17) is 23.2 Å². The maximum Gasteiger partial charge on any atom is 0.161 e. The van der Waals surface area contributed by atoms with Crippen LogP contribution in [0.25, 0.3) is 0 Å². The summed E-state index contributed by atoms with van der Waals surface area (Å²) in [6, 6.07) is 5.55. The van der Waals surface area contributed by atoms with Gasteiger partial charge in [0.2, 0.25) is 0 Å². The van der Waals surface area contributed by atoms with Crippen molar-refractivity contribution in [1.29, 1.82) is 0 Å². The second-order valence-electron chi connectivity index (χ2n) is 4.63. The highest BCUT2D eigenvalue weighted by molar-refractivity contribution is 8.15. The lowest BCUT2D eigenvalue weighted by molar-refractivity contribution is 0.479. The zero-order valence-corrected chi connectivity index (χ0v) is 13.4. The Labute approximate surface area is 129 Å². The average Bonchev–Trinajstić information content (AvgIpc) is 2.84. The molecule has 0 fully saturated rings. The van der Waals surface area contributed by atoms with E-state index in [0.29, 0.717) is 15.3 Å². The van der Waals surface area contributed by atoms with Gasteiger partial charge in [-0.3, -0.25) is 4.99 Å². The number of hydrogen-bond donors (Lipinski definition) is 1. The monoisotopic (exact) mass is 316 g/mol. The molecule has 1 aromatic rings. The van der Waals surface area contributed by atoms with Crippen LogP contribution in [0.5, 0.6) is 0 Å². The largest absolute Gasteiger partial charge is 0.335 e. The summed E-state index contributed by atoms with van der Waals surface area (Å²) in [4.78, 5) is 4.57. The lowest BCUT2D eigenvalue weighted by Gasteiger charge is -2.18. The van der Waals surface area contributed by atoms with Crippen LogP contribution in [0.15, 0.2) is 23.2 Å². The molecule has 1 unspecified atom stereocenters. The van der Waals surface area contributed by atoms with Crippen LogP contribution >= 0.6 is 35.0 Å². The molecule has 1 aliphatic rings. The molecule has 0 aromatic heterocycles. The minimum atomic E-state index is 0.562. The zero-order chi connectivity index (χ0) is 13.8. The van der Waals surface area contributed by atoms with Gasteiger partial charge in [-0.1, -0.05) is 61.7 Å². The Morgan fingerprint density at radius 2 is 2.05 bits per heavy atom. The van der Waals surface area contributed by atoms with Crippen LogP contribution in [0.4, 0.5) is 5.69 Å². The second-order valence-corrected chi connectivity index (χ2v) is 6.67. The molecule has 0 bridgehead atoms. The predicted molar refractivity (Wildman–Crippen MR) is 87.8 cm³/mol. The van der Waals surface area contributed by atoms with Gasteiger partial charge in [-0.25, -0.2) is 0 Å². The van der Waals surface area contributed by atoms with Gasteiger partial charge in [0, 0.05) is 10.9 Å². The van der Waals surface area contributed by atoms with Crippen LogP contribution in [-0.2, 0) is 0 Å². The van der Waals surface area contributed by atoms with Gasteiger partial charge in [-0.2, -0.15) is 0 Å². The molecular formula is C14H18Cl2N2S. The SMILES string of the molecule is CCC(CC)C1CN=C(Nc2ccc(Cl)c(Cl)c2)S1. The molecule has 104 valence electrons. The van der Waals surface area contributed by atoms with Gasteiger partial charge in [-0.15, -0.1) is 0 Å². The number of halogens is 2. The highest BCUT2D eigenvalue weighted by atomic mass is 35.5. The molecule has 1 N–H and O–H groups in total. The van der Waals surface area contributed by atoms with Crippen molar-refractivity contribution < 1.29 is 0 Å². The summed E-state index contributed by atoms with van der Waals surface area (Å²) in [7, 11) is 0. The minimum Gasteiger partial charge on any atom is -0.335 e. The van der Waals surface area contributed by atoms with Crippen molar-refractivity contribution in [3.05, 3.63) is 28.2 Å². The summed E-state index contributed by atoms with van der Waals surface area (Å²) in [6.45, 7) is 5.40. The van der Waals surface area contributed by atoms with Crippen molar-refractivity contribution in [3.63, 3.8) is 0 Å². The molecule has 5 heteroatoms. The first-order valence-electron chi connectivity index (χ1n) is 6.57. The maximum absolute atomic E-state index is 6.00. The number of nitrogens with zero attached hydrogens (tertiary/aromatic N) is 1. The van der Waals surface area contributed by atoms with E-state index in [1.807, 2.05) is 23.9 Å². The zero-order valence-electron chi connectivity index (χ0n) is 11.1.